The maximum Gasteiger partial charge on any atom is 0.0572 e. The minimum absolute atomic E-state index is 0.432. The second kappa shape index (κ2) is 3.88. The van der Waals surface area contributed by atoms with Crippen LogP contribution >= 0.6 is 20.8 Å². The lowest BCUT2D eigenvalue weighted by atomic mass is 10.2. The minimum Gasteiger partial charge on any atom is -0.388 e. The summed E-state index contributed by atoms with van der Waals surface area (Å²) in [6.07, 6.45) is 0. The van der Waals surface area contributed by atoms with Gasteiger partial charge >= 0.3 is 0 Å². The molecule has 0 fully saturated rings. The van der Waals surface area contributed by atoms with Crippen LogP contribution in [0.2, 0.25) is 5.02 Å². The zero-order valence-corrected chi connectivity index (χ0v) is 8.60. The number of hydrogen-bond acceptors (Lipinski definition) is 2. The Bertz CT molecular complexity index is 312. The second-order valence-electron chi connectivity index (χ2n) is 2.35. The Hall–Kier alpha value is -0.590. The van der Waals surface area contributed by atoms with Crippen LogP contribution in [0.1, 0.15) is 5.56 Å². The number of nitrogens with one attached hydrogen (secondary N) is 2. The number of benzene rings is 1. The molecule has 2 nitrogen and oxygen atoms in total. The molecule has 0 aliphatic rings. The van der Waals surface area contributed by atoms with Crippen LogP contribution in [0.4, 0.5) is 5.69 Å². The van der Waals surface area contributed by atoms with Gasteiger partial charge in [0, 0.05) is 23.3 Å². The van der Waals surface area contributed by atoms with Crippen molar-refractivity contribution in [2.75, 3.05) is 12.4 Å². The highest BCUT2D eigenvalue weighted by Gasteiger charge is 2.02. The van der Waals surface area contributed by atoms with Gasteiger partial charge in [0.05, 0.1) is 5.45 Å². The lowest BCUT2D eigenvalue weighted by molar-refractivity contribution is 1.47. The Morgan fingerprint density at radius 3 is 2.75 bits per heavy atom. The van der Waals surface area contributed by atoms with Crippen LogP contribution in [0.3, 0.4) is 0 Å². The molecule has 1 atom stereocenters. The zero-order chi connectivity index (χ0) is 9.14. The van der Waals surface area contributed by atoms with E-state index in [4.69, 9.17) is 17.0 Å². The molecule has 0 radical (unpaired) electrons. The van der Waals surface area contributed by atoms with E-state index in [0.717, 1.165) is 11.3 Å². The first-order valence-corrected chi connectivity index (χ1v) is 4.42. The molecule has 4 heteroatoms. The van der Waals surface area contributed by atoms with Crippen molar-refractivity contribution in [3.63, 3.8) is 0 Å². The molecule has 0 aliphatic heterocycles. The number of anilines is 1. The van der Waals surface area contributed by atoms with E-state index >= 15 is 0 Å². The summed E-state index contributed by atoms with van der Waals surface area (Å²) >= 11 is 5.78. The summed E-state index contributed by atoms with van der Waals surface area (Å²) in [5.74, 6) is 0. The van der Waals surface area contributed by atoms with Gasteiger partial charge < -0.3 is 10.7 Å². The van der Waals surface area contributed by atoms with Crippen molar-refractivity contribution in [2.24, 2.45) is 0 Å². The van der Waals surface area contributed by atoms with E-state index in [1.54, 1.807) is 12.1 Å². The summed E-state index contributed by atoms with van der Waals surface area (Å²) in [6.45, 7) is 0. The molecule has 12 heavy (non-hydrogen) atoms. The first-order valence-electron chi connectivity index (χ1n) is 3.47. The van der Waals surface area contributed by atoms with Crippen molar-refractivity contribution in [3.05, 3.63) is 28.8 Å². The molecule has 0 amide bonds. The van der Waals surface area contributed by atoms with Gasteiger partial charge in [0.25, 0.3) is 0 Å². The summed E-state index contributed by atoms with van der Waals surface area (Å²) in [5, 5.41) is 11.1. The van der Waals surface area contributed by atoms with Crippen molar-refractivity contribution >= 4 is 32.0 Å². The fourth-order valence-electron chi connectivity index (χ4n) is 0.957. The topological polar surface area (TPSA) is 35.9 Å². The average molecular weight is 201 g/mol. The Kier molecular flexibility index (Phi) is 3.07. The van der Waals surface area contributed by atoms with E-state index < -0.39 is 0 Å². The lowest BCUT2D eigenvalue weighted by Gasteiger charge is -2.07. The fraction of sp³-hybridized carbons (Fsp3) is 0.125. The third-order valence-electron chi connectivity index (χ3n) is 1.54. The molecule has 1 rings (SSSR count). The summed E-state index contributed by atoms with van der Waals surface area (Å²) in [7, 11) is 4.16. The van der Waals surface area contributed by atoms with Crippen LogP contribution in [0, 0.1) is 5.41 Å². The van der Waals surface area contributed by atoms with Gasteiger partial charge in [-0.15, -0.1) is 0 Å². The van der Waals surface area contributed by atoms with Gasteiger partial charge in [-0.1, -0.05) is 20.8 Å². The van der Waals surface area contributed by atoms with Crippen LogP contribution in [0.5, 0.6) is 0 Å². The number of rotatable bonds is 2. The predicted octanol–water partition coefficient (Wildman–Crippen LogP) is 2.58. The van der Waals surface area contributed by atoms with Crippen molar-refractivity contribution in [2.45, 2.75) is 0 Å². The van der Waals surface area contributed by atoms with E-state index in [1.807, 2.05) is 13.1 Å². The predicted molar refractivity (Wildman–Crippen MR) is 57.5 cm³/mol. The zero-order valence-electron chi connectivity index (χ0n) is 6.69. The van der Waals surface area contributed by atoms with Crippen molar-refractivity contribution in [1.82, 2.24) is 0 Å². The van der Waals surface area contributed by atoms with E-state index in [9.17, 15) is 0 Å². The largest absolute Gasteiger partial charge is 0.388 e. The van der Waals surface area contributed by atoms with Crippen LogP contribution in [-0.2, 0) is 0 Å². The van der Waals surface area contributed by atoms with Gasteiger partial charge in [-0.05, 0) is 18.2 Å². The first kappa shape index (κ1) is 9.50. The molecule has 0 aliphatic carbocycles. The first-order chi connectivity index (χ1) is 5.65. The average Bonchev–Trinajstić information content (AvgIpc) is 2.04. The molecule has 0 bridgehead atoms. The van der Waals surface area contributed by atoms with E-state index in [2.05, 4.69) is 14.6 Å². The highest BCUT2D eigenvalue weighted by atomic mass is 35.5. The Labute approximate surface area is 79.0 Å². The summed E-state index contributed by atoms with van der Waals surface area (Å²) in [6, 6.07) is 5.42. The Morgan fingerprint density at radius 2 is 2.25 bits per heavy atom. The smallest absolute Gasteiger partial charge is 0.0572 e. The normalized spacial score (nSPS) is 9.58. The maximum atomic E-state index is 7.44. The maximum absolute atomic E-state index is 7.44. The standard InChI is InChI=1S/C8H10ClN2P/c1-11-7-3-2-5(9)4-6(7)8(10)12/h2-4,10-11H,12H2,1H3. The molecule has 1 aromatic carbocycles. The van der Waals surface area contributed by atoms with E-state index in [-0.39, 0.29) is 0 Å². The third kappa shape index (κ3) is 1.96. The summed E-state index contributed by atoms with van der Waals surface area (Å²) in [4.78, 5) is 0. The lowest BCUT2D eigenvalue weighted by Crippen LogP contribution is -1.97. The van der Waals surface area contributed by atoms with Crippen LogP contribution < -0.4 is 5.32 Å². The van der Waals surface area contributed by atoms with E-state index in [1.165, 1.54) is 0 Å². The molecule has 0 heterocycles. The molecule has 0 saturated heterocycles. The quantitative estimate of drug-likeness (QED) is 0.559. The van der Waals surface area contributed by atoms with Gasteiger partial charge in [0.1, 0.15) is 0 Å². The summed E-state index contributed by atoms with van der Waals surface area (Å²) < 4.78 is 0. The molecular weight excluding hydrogens is 191 g/mol. The molecule has 2 N–H and O–H groups in total. The van der Waals surface area contributed by atoms with Gasteiger partial charge in [0.15, 0.2) is 0 Å². The van der Waals surface area contributed by atoms with Crippen LogP contribution in [0.25, 0.3) is 0 Å². The van der Waals surface area contributed by atoms with Crippen molar-refractivity contribution in [3.8, 4) is 0 Å². The van der Waals surface area contributed by atoms with Crippen LogP contribution in [-0.4, -0.2) is 12.5 Å². The third-order valence-corrected chi connectivity index (χ3v) is 2.09. The van der Waals surface area contributed by atoms with Gasteiger partial charge in [-0.3, -0.25) is 0 Å². The molecule has 64 valence electrons. The molecule has 0 aromatic heterocycles. The SMILES string of the molecule is CNc1ccc(Cl)cc1C(=N)P. The highest BCUT2D eigenvalue weighted by molar-refractivity contribution is 7.41. The Balaban J connectivity index is 3.21. The van der Waals surface area contributed by atoms with Gasteiger partial charge in [-0.25, -0.2) is 0 Å². The molecular formula is C8H10ClN2P. The van der Waals surface area contributed by atoms with Crippen LogP contribution in [0.15, 0.2) is 18.2 Å². The van der Waals surface area contributed by atoms with E-state index in [0.29, 0.717) is 10.5 Å². The monoisotopic (exact) mass is 200 g/mol. The summed E-state index contributed by atoms with van der Waals surface area (Å²) in [5.41, 5.74) is 2.16. The highest BCUT2D eigenvalue weighted by Crippen LogP contribution is 2.22. The molecule has 1 unspecified atom stereocenters. The number of halogens is 1. The molecule has 1 aromatic rings. The van der Waals surface area contributed by atoms with Crippen molar-refractivity contribution < 1.29 is 0 Å². The molecule has 0 spiro atoms. The van der Waals surface area contributed by atoms with Crippen molar-refractivity contribution in [1.29, 1.82) is 5.41 Å². The second-order valence-corrected chi connectivity index (χ2v) is 3.37. The Morgan fingerprint density at radius 1 is 1.58 bits per heavy atom. The fourth-order valence-corrected chi connectivity index (χ4v) is 1.37. The molecule has 0 saturated carbocycles. The van der Waals surface area contributed by atoms with Gasteiger partial charge in [-0.2, -0.15) is 0 Å². The number of hydrogen-bond donors (Lipinski definition) is 2. The van der Waals surface area contributed by atoms with Gasteiger partial charge in [0.2, 0.25) is 0 Å². The minimum atomic E-state index is 0.432.